The fraction of sp³-hybridized carbons (Fsp3) is 0. The zero-order valence-corrected chi connectivity index (χ0v) is 15.0. The number of nitriles is 1. The largest absolute Gasteiger partial charge is 0.192 e. The third-order valence-electron chi connectivity index (χ3n) is 6.38. The van der Waals surface area contributed by atoms with Crippen LogP contribution >= 0.6 is 0 Å². The molecule has 0 fully saturated rings. The molecule has 0 aliphatic heterocycles. The standard InChI is InChI=1S/C27H13N/c28-14-16-9-10-21-18-7-3-4-8-19(18)22-12-11-20-17-6-2-1-5-15(17)13-23-24(16)26(21)27(22)25(20)23/h1-13H. The summed E-state index contributed by atoms with van der Waals surface area (Å²) < 4.78 is 0. The average molecular weight is 351 g/mol. The van der Waals surface area contributed by atoms with Crippen LogP contribution in [0.5, 0.6) is 0 Å². The Morgan fingerprint density at radius 3 is 1.89 bits per heavy atom. The van der Waals surface area contributed by atoms with Crippen LogP contribution in [-0.4, -0.2) is 0 Å². The fourth-order valence-corrected chi connectivity index (χ4v) is 5.30. The summed E-state index contributed by atoms with van der Waals surface area (Å²) >= 11 is 0. The van der Waals surface area contributed by atoms with E-state index in [1.165, 1.54) is 59.4 Å². The van der Waals surface area contributed by atoms with Crippen molar-refractivity contribution < 1.29 is 0 Å². The summed E-state index contributed by atoms with van der Waals surface area (Å²) in [4.78, 5) is 0. The Morgan fingerprint density at radius 2 is 1.14 bits per heavy atom. The molecule has 1 aliphatic carbocycles. The third kappa shape index (κ3) is 1.46. The summed E-state index contributed by atoms with van der Waals surface area (Å²) in [7, 11) is 0. The highest BCUT2D eigenvalue weighted by molar-refractivity contribution is 6.42. The predicted molar refractivity (Wildman–Crippen MR) is 118 cm³/mol. The first-order chi connectivity index (χ1) is 13.9. The van der Waals surface area contributed by atoms with Gasteiger partial charge in [-0.1, -0.05) is 66.7 Å². The number of nitrogens with zero attached hydrogens (tertiary/aromatic N) is 1. The smallest absolute Gasteiger partial charge is 0.0998 e. The molecule has 126 valence electrons. The second-order valence-corrected chi connectivity index (χ2v) is 7.62. The van der Waals surface area contributed by atoms with Gasteiger partial charge in [0.2, 0.25) is 0 Å². The number of hydrogen-bond acceptors (Lipinski definition) is 1. The van der Waals surface area contributed by atoms with Crippen LogP contribution in [0.1, 0.15) is 5.56 Å². The first kappa shape index (κ1) is 14.2. The van der Waals surface area contributed by atoms with E-state index in [0.717, 1.165) is 11.1 Å². The SMILES string of the molecule is N#Cc1ccc2c3ccccc3c3ccc4c5ccccc5cc5c4c3c2c1-5. The van der Waals surface area contributed by atoms with E-state index in [-0.39, 0.29) is 0 Å². The molecule has 1 aliphatic rings. The lowest BCUT2D eigenvalue weighted by atomic mass is 9.92. The van der Waals surface area contributed by atoms with E-state index >= 15 is 0 Å². The van der Waals surface area contributed by atoms with E-state index in [0.29, 0.717) is 0 Å². The van der Waals surface area contributed by atoms with Crippen molar-refractivity contribution in [2.45, 2.75) is 0 Å². The Kier molecular flexibility index (Phi) is 2.38. The van der Waals surface area contributed by atoms with Gasteiger partial charge in [0, 0.05) is 5.56 Å². The molecule has 0 unspecified atom stereocenters. The van der Waals surface area contributed by atoms with Crippen LogP contribution in [0.25, 0.3) is 65.0 Å². The van der Waals surface area contributed by atoms with Gasteiger partial charge in [-0.3, -0.25) is 0 Å². The van der Waals surface area contributed by atoms with Crippen LogP contribution in [-0.2, 0) is 0 Å². The molecule has 0 aromatic heterocycles. The lowest BCUT2D eigenvalue weighted by molar-refractivity contribution is 1.50. The Labute approximate surface area is 161 Å². The Bertz CT molecular complexity index is 1710. The van der Waals surface area contributed by atoms with Crippen molar-refractivity contribution in [3.05, 3.63) is 84.4 Å². The molecule has 0 N–H and O–H groups in total. The summed E-state index contributed by atoms with van der Waals surface area (Å²) in [6.45, 7) is 0. The highest BCUT2D eigenvalue weighted by atomic mass is 14.3. The van der Waals surface area contributed by atoms with Crippen molar-refractivity contribution in [1.29, 1.82) is 5.26 Å². The van der Waals surface area contributed by atoms with Crippen molar-refractivity contribution in [1.82, 2.24) is 0 Å². The number of hydrogen-bond donors (Lipinski definition) is 0. The van der Waals surface area contributed by atoms with Gasteiger partial charge in [0.25, 0.3) is 0 Å². The van der Waals surface area contributed by atoms with Crippen LogP contribution in [0, 0.1) is 11.3 Å². The van der Waals surface area contributed by atoms with Gasteiger partial charge in [0.05, 0.1) is 11.6 Å². The average Bonchev–Trinajstić information content (AvgIpc) is 3.10. The van der Waals surface area contributed by atoms with E-state index in [4.69, 9.17) is 0 Å². The highest BCUT2D eigenvalue weighted by Crippen LogP contribution is 2.52. The summed E-state index contributed by atoms with van der Waals surface area (Å²) in [6.07, 6.45) is 0. The minimum absolute atomic E-state index is 0.761. The lowest BCUT2D eigenvalue weighted by Gasteiger charge is -2.10. The molecule has 6 aromatic rings. The zero-order chi connectivity index (χ0) is 18.4. The number of rotatable bonds is 0. The number of benzene rings is 6. The maximum Gasteiger partial charge on any atom is 0.0998 e. The summed E-state index contributed by atoms with van der Waals surface area (Å²) in [5.41, 5.74) is 3.07. The first-order valence-corrected chi connectivity index (χ1v) is 9.53. The molecule has 0 bridgehead atoms. The topological polar surface area (TPSA) is 23.8 Å². The van der Waals surface area contributed by atoms with Crippen molar-refractivity contribution in [2.75, 3.05) is 0 Å². The molecule has 0 saturated heterocycles. The van der Waals surface area contributed by atoms with Gasteiger partial charge in [-0.25, -0.2) is 0 Å². The molecule has 28 heavy (non-hydrogen) atoms. The molecule has 0 heterocycles. The van der Waals surface area contributed by atoms with Gasteiger partial charge in [0.15, 0.2) is 0 Å². The maximum absolute atomic E-state index is 9.87. The Hall–Kier alpha value is -3.89. The molecule has 0 atom stereocenters. The minimum atomic E-state index is 0.761. The fourth-order valence-electron chi connectivity index (χ4n) is 5.30. The zero-order valence-electron chi connectivity index (χ0n) is 15.0. The molecular formula is C27H13N. The molecule has 6 aromatic carbocycles. The van der Waals surface area contributed by atoms with E-state index in [9.17, 15) is 5.26 Å². The van der Waals surface area contributed by atoms with Gasteiger partial charge in [-0.15, -0.1) is 0 Å². The summed E-state index contributed by atoms with van der Waals surface area (Å²) in [5, 5.41) is 22.5. The van der Waals surface area contributed by atoms with Crippen molar-refractivity contribution in [3.63, 3.8) is 0 Å². The molecule has 7 rings (SSSR count). The van der Waals surface area contributed by atoms with Gasteiger partial charge in [0.1, 0.15) is 0 Å². The van der Waals surface area contributed by atoms with Gasteiger partial charge < -0.3 is 0 Å². The van der Waals surface area contributed by atoms with Crippen molar-refractivity contribution in [3.8, 4) is 17.2 Å². The van der Waals surface area contributed by atoms with E-state index < -0.39 is 0 Å². The molecule has 0 spiro atoms. The Balaban J connectivity index is 1.93. The molecule has 1 heteroatoms. The first-order valence-electron chi connectivity index (χ1n) is 9.53. The second kappa shape index (κ2) is 4.68. The van der Waals surface area contributed by atoms with E-state index in [2.05, 4.69) is 78.9 Å². The third-order valence-corrected chi connectivity index (χ3v) is 6.38. The predicted octanol–water partition coefficient (Wildman–Crippen LogP) is 7.30. The summed E-state index contributed by atoms with van der Waals surface area (Å²) in [6, 6.07) is 30.6. The van der Waals surface area contributed by atoms with Gasteiger partial charge in [-0.05, 0) is 71.6 Å². The van der Waals surface area contributed by atoms with Crippen LogP contribution in [0.3, 0.4) is 0 Å². The Morgan fingerprint density at radius 1 is 0.536 bits per heavy atom. The monoisotopic (exact) mass is 351 g/mol. The van der Waals surface area contributed by atoms with Gasteiger partial charge >= 0.3 is 0 Å². The maximum atomic E-state index is 9.87. The van der Waals surface area contributed by atoms with E-state index in [1.54, 1.807) is 0 Å². The molecule has 0 saturated carbocycles. The number of fused-ring (bicyclic) bond motifs is 6. The van der Waals surface area contributed by atoms with Crippen molar-refractivity contribution >= 4 is 53.9 Å². The van der Waals surface area contributed by atoms with Crippen LogP contribution < -0.4 is 0 Å². The molecular weight excluding hydrogens is 338 g/mol. The second-order valence-electron chi connectivity index (χ2n) is 7.62. The quantitative estimate of drug-likeness (QED) is 0.263. The molecule has 0 amide bonds. The molecule has 0 radical (unpaired) electrons. The highest BCUT2D eigenvalue weighted by Gasteiger charge is 2.25. The van der Waals surface area contributed by atoms with E-state index in [1.807, 2.05) is 6.07 Å². The van der Waals surface area contributed by atoms with Crippen LogP contribution in [0.4, 0.5) is 0 Å². The minimum Gasteiger partial charge on any atom is -0.192 e. The lowest BCUT2D eigenvalue weighted by Crippen LogP contribution is -1.85. The van der Waals surface area contributed by atoms with Gasteiger partial charge in [-0.2, -0.15) is 5.26 Å². The van der Waals surface area contributed by atoms with Crippen molar-refractivity contribution in [2.24, 2.45) is 0 Å². The van der Waals surface area contributed by atoms with Crippen LogP contribution in [0.15, 0.2) is 78.9 Å². The summed E-state index contributed by atoms with van der Waals surface area (Å²) in [5.74, 6) is 0. The molecule has 1 nitrogen and oxygen atoms in total. The van der Waals surface area contributed by atoms with Crippen LogP contribution in [0.2, 0.25) is 0 Å². The normalized spacial score (nSPS) is 12.2.